The second-order valence-corrected chi connectivity index (χ2v) is 7.63. The zero-order valence-electron chi connectivity index (χ0n) is 17.7. The van der Waals surface area contributed by atoms with Crippen LogP contribution in [0.15, 0.2) is 47.4 Å². The van der Waals surface area contributed by atoms with Crippen molar-refractivity contribution in [2.75, 3.05) is 27.3 Å². The summed E-state index contributed by atoms with van der Waals surface area (Å²) in [6.45, 7) is -2.90. The number of methoxy groups -OCH3 is 2. The number of rotatable bonds is 9. The van der Waals surface area contributed by atoms with Gasteiger partial charge in [-0.3, -0.25) is 19.3 Å². The average Bonchev–Trinajstić information content (AvgIpc) is 3.06. The number of ether oxygens (including phenoxy) is 3. The first-order valence-corrected chi connectivity index (χ1v) is 10.4. The summed E-state index contributed by atoms with van der Waals surface area (Å²) in [6, 6.07) is 10.4. The average molecular weight is 478 g/mol. The van der Waals surface area contributed by atoms with Crippen LogP contribution < -0.4 is 19.5 Å². The molecule has 1 heterocycles. The second-order valence-electron chi connectivity index (χ2n) is 6.64. The molecule has 1 fully saturated rings. The maximum atomic E-state index is 12.6. The molecule has 0 bridgehead atoms. The molecule has 2 aromatic carbocycles. The molecular weight excluding hydrogens is 458 g/mol. The first-order valence-electron chi connectivity index (χ1n) is 9.62. The molecule has 0 unspecified atom stereocenters. The van der Waals surface area contributed by atoms with Crippen LogP contribution in [-0.4, -0.2) is 55.9 Å². The molecule has 0 aromatic heterocycles. The molecule has 3 rings (SSSR count). The number of nitrogens with zero attached hydrogens (tertiary/aromatic N) is 1. The van der Waals surface area contributed by atoms with Gasteiger partial charge in [0.05, 0.1) is 19.1 Å². The lowest BCUT2D eigenvalue weighted by molar-refractivity contribution is -0.122. The highest BCUT2D eigenvalue weighted by molar-refractivity contribution is 8.18. The second kappa shape index (κ2) is 10.8. The van der Waals surface area contributed by atoms with E-state index in [1.54, 1.807) is 18.2 Å². The first kappa shape index (κ1) is 24.1. The summed E-state index contributed by atoms with van der Waals surface area (Å²) in [5.74, 6) is -0.0376. The van der Waals surface area contributed by atoms with Crippen molar-refractivity contribution in [3.05, 3.63) is 58.5 Å². The number of carbonyl (C=O) groups is 3. The Balaban J connectivity index is 1.59. The molecule has 33 heavy (non-hydrogen) atoms. The molecule has 3 amide bonds. The van der Waals surface area contributed by atoms with E-state index in [1.807, 2.05) is 0 Å². The van der Waals surface area contributed by atoms with Crippen LogP contribution in [0.2, 0.25) is 0 Å². The molecule has 1 saturated heterocycles. The molecule has 0 radical (unpaired) electrons. The van der Waals surface area contributed by atoms with Crippen LogP contribution in [0.25, 0.3) is 6.08 Å². The molecule has 1 aliphatic rings. The fourth-order valence-electron chi connectivity index (χ4n) is 2.91. The van der Waals surface area contributed by atoms with Gasteiger partial charge in [0.15, 0.2) is 0 Å². The van der Waals surface area contributed by atoms with Crippen molar-refractivity contribution in [2.24, 2.45) is 0 Å². The molecule has 0 aliphatic carbocycles. The molecule has 8 nitrogen and oxygen atoms in total. The molecule has 0 saturated carbocycles. The van der Waals surface area contributed by atoms with Gasteiger partial charge >= 0.3 is 6.61 Å². The van der Waals surface area contributed by atoms with E-state index in [1.165, 1.54) is 44.6 Å². The molecule has 11 heteroatoms. The molecular formula is C22H20F2N2O6S. The Morgan fingerprint density at radius 3 is 2.27 bits per heavy atom. The zero-order valence-corrected chi connectivity index (χ0v) is 18.5. The lowest BCUT2D eigenvalue weighted by Crippen LogP contribution is -2.37. The van der Waals surface area contributed by atoms with Gasteiger partial charge < -0.3 is 19.5 Å². The lowest BCUT2D eigenvalue weighted by Gasteiger charge is -2.13. The summed E-state index contributed by atoms with van der Waals surface area (Å²) in [4.78, 5) is 38.5. The van der Waals surface area contributed by atoms with Crippen LogP contribution in [0.4, 0.5) is 13.6 Å². The zero-order chi connectivity index (χ0) is 24.0. The number of benzene rings is 2. The van der Waals surface area contributed by atoms with Gasteiger partial charge in [0.2, 0.25) is 0 Å². The van der Waals surface area contributed by atoms with Crippen LogP contribution in [0.5, 0.6) is 17.2 Å². The number of imide groups is 1. The predicted octanol–water partition coefficient (Wildman–Crippen LogP) is 3.77. The number of alkyl halides is 2. The minimum Gasteiger partial charge on any atom is -0.497 e. The number of carbonyl (C=O) groups excluding carboxylic acids is 3. The molecule has 2 aromatic rings. The quantitative estimate of drug-likeness (QED) is 0.549. The van der Waals surface area contributed by atoms with Crippen molar-refractivity contribution in [3.8, 4) is 17.2 Å². The standard InChI is InChI=1S/C22H20F2N2O6S/c1-30-16-10-14(11-17(12-16)31-2)19(27)25-7-8-26-20(28)18(33-22(26)29)9-13-3-5-15(6-4-13)32-21(23)24/h3-6,9-12,21H,7-8H2,1-2H3,(H,25,27)/b18-9-. The number of nitrogens with one attached hydrogen (secondary N) is 1. The number of halogens is 2. The highest BCUT2D eigenvalue weighted by Gasteiger charge is 2.34. The van der Waals surface area contributed by atoms with Crippen LogP contribution in [-0.2, 0) is 4.79 Å². The third kappa shape index (κ3) is 6.22. The summed E-state index contributed by atoms with van der Waals surface area (Å²) >= 11 is 0.758. The Kier molecular flexibility index (Phi) is 7.88. The molecule has 0 atom stereocenters. The van der Waals surface area contributed by atoms with Crippen LogP contribution in [0, 0.1) is 0 Å². The maximum absolute atomic E-state index is 12.6. The summed E-state index contributed by atoms with van der Waals surface area (Å²) in [5.41, 5.74) is 0.849. The van der Waals surface area contributed by atoms with Crippen molar-refractivity contribution >= 4 is 34.9 Å². The lowest BCUT2D eigenvalue weighted by atomic mass is 10.2. The summed E-state index contributed by atoms with van der Waals surface area (Å²) in [6.07, 6.45) is 1.48. The van der Waals surface area contributed by atoms with E-state index in [9.17, 15) is 23.2 Å². The largest absolute Gasteiger partial charge is 0.497 e. The van der Waals surface area contributed by atoms with E-state index in [0.717, 1.165) is 16.7 Å². The van der Waals surface area contributed by atoms with E-state index in [-0.39, 0.29) is 23.7 Å². The number of hydrogen-bond donors (Lipinski definition) is 1. The van der Waals surface area contributed by atoms with E-state index in [0.29, 0.717) is 22.6 Å². The van der Waals surface area contributed by atoms with Gasteiger partial charge in [-0.2, -0.15) is 8.78 Å². The third-order valence-corrected chi connectivity index (χ3v) is 5.42. The Hall–Kier alpha value is -3.60. The van der Waals surface area contributed by atoms with Gasteiger partial charge in [-0.15, -0.1) is 0 Å². The minimum atomic E-state index is -2.93. The van der Waals surface area contributed by atoms with E-state index < -0.39 is 23.7 Å². The monoisotopic (exact) mass is 478 g/mol. The Morgan fingerprint density at radius 1 is 1.06 bits per heavy atom. The molecule has 174 valence electrons. The van der Waals surface area contributed by atoms with Gasteiger partial charge in [0.1, 0.15) is 17.2 Å². The van der Waals surface area contributed by atoms with E-state index in [2.05, 4.69) is 10.1 Å². The smallest absolute Gasteiger partial charge is 0.387 e. The SMILES string of the molecule is COc1cc(OC)cc(C(=O)NCCN2C(=O)S/C(=C\c3ccc(OC(F)F)cc3)C2=O)c1. The van der Waals surface area contributed by atoms with Gasteiger partial charge in [0.25, 0.3) is 17.1 Å². The molecule has 1 N–H and O–H groups in total. The molecule has 0 spiro atoms. The van der Waals surface area contributed by atoms with Gasteiger partial charge in [-0.1, -0.05) is 12.1 Å². The first-order chi connectivity index (χ1) is 15.8. The number of hydrogen-bond acceptors (Lipinski definition) is 7. The maximum Gasteiger partial charge on any atom is 0.387 e. The highest BCUT2D eigenvalue weighted by Crippen LogP contribution is 2.32. The van der Waals surface area contributed by atoms with Crippen molar-refractivity contribution in [1.82, 2.24) is 10.2 Å². The van der Waals surface area contributed by atoms with Crippen molar-refractivity contribution in [1.29, 1.82) is 0 Å². The van der Waals surface area contributed by atoms with Gasteiger partial charge in [-0.05, 0) is 47.7 Å². The van der Waals surface area contributed by atoms with Gasteiger partial charge in [0, 0.05) is 24.7 Å². The van der Waals surface area contributed by atoms with Crippen LogP contribution >= 0.6 is 11.8 Å². The normalized spacial score (nSPS) is 14.7. The third-order valence-electron chi connectivity index (χ3n) is 4.51. The number of thioether (sulfide) groups is 1. The summed E-state index contributed by atoms with van der Waals surface area (Å²) < 4.78 is 39.0. The number of amides is 3. The van der Waals surface area contributed by atoms with Crippen LogP contribution in [0.3, 0.4) is 0 Å². The Bertz CT molecular complexity index is 1050. The van der Waals surface area contributed by atoms with Crippen molar-refractivity contribution in [3.63, 3.8) is 0 Å². The predicted molar refractivity (Wildman–Crippen MR) is 118 cm³/mol. The van der Waals surface area contributed by atoms with Crippen molar-refractivity contribution < 1.29 is 37.4 Å². The van der Waals surface area contributed by atoms with Crippen LogP contribution in [0.1, 0.15) is 15.9 Å². The summed E-state index contributed by atoms with van der Waals surface area (Å²) in [5, 5.41) is 2.18. The van der Waals surface area contributed by atoms with E-state index in [4.69, 9.17) is 9.47 Å². The van der Waals surface area contributed by atoms with E-state index >= 15 is 0 Å². The Labute approximate surface area is 192 Å². The Morgan fingerprint density at radius 2 is 1.70 bits per heavy atom. The van der Waals surface area contributed by atoms with Gasteiger partial charge in [-0.25, -0.2) is 0 Å². The fourth-order valence-corrected chi connectivity index (χ4v) is 3.78. The highest BCUT2D eigenvalue weighted by atomic mass is 32.2. The fraction of sp³-hybridized carbons (Fsp3) is 0.227. The summed E-state index contributed by atoms with van der Waals surface area (Å²) in [7, 11) is 2.94. The molecule has 1 aliphatic heterocycles. The topological polar surface area (TPSA) is 94.2 Å². The van der Waals surface area contributed by atoms with Crippen molar-refractivity contribution in [2.45, 2.75) is 6.61 Å². The minimum absolute atomic E-state index is 0.0142.